The van der Waals surface area contributed by atoms with Gasteiger partial charge in [0.25, 0.3) is 0 Å². The number of hydrogen-bond acceptors (Lipinski definition) is 4. The Morgan fingerprint density at radius 2 is 2.17 bits per heavy atom. The van der Waals surface area contributed by atoms with Crippen molar-refractivity contribution in [2.75, 3.05) is 0 Å². The molecule has 0 spiro atoms. The minimum atomic E-state index is -0.426. The molecule has 18 heavy (non-hydrogen) atoms. The van der Waals surface area contributed by atoms with E-state index < -0.39 is 6.10 Å². The van der Waals surface area contributed by atoms with E-state index in [2.05, 4.69) is 6.92 Å². The van der Waals surface area contributed by atoms with Gasteiger partial charge in [-0.2, -0.15) is 0 Å². The Bertz CT molecular complexity index is 275. The maximum atomic E-state index is 11.8. The third-order valence-electron chi connectivity index (χ3n) is 3.28. The second-order valence-electron chi connectivity index (χ2n) is 5.30. The Hall–Kier alpha value is -0.900. The van der Waals surface area contributed by atoms with Crippen molar-refractivity contribution < 1.29 is 19.1 Å². The highest BCUT2D eigenvalue weighted by atomic mass is 16.6. The Morgan fingerprint density at radius 1 is 1.44 bits per heavy atom. The van der Waals surface area contributed by atoms with Crippen molar-refractivity contribution in [2.45, 2.75) is 71.2 Å². The SMILES string of the molecule is CC(C)OC(=O)[C@@H]1CC[C@H](C)[C@@H](CCCC=O)O1. The summed E-state index contributed by atoms with van der Waals surface area (Å²) in [7, 11) is 0. The molecule has 0 aliphatic carbocycles. The van der Waals surface area contributed by atoms with E-state index in [-0.39, 0.29) is 18.2 Å². The van der Waals surface area contributed by atoms with E-state index in [1.165, 1.54) is 0 Å². The fourth-order valence-corrected chi connectivity index (χ4v) is 2.25. The lowest BCUT2D eigenvalue weighted by Crippen LogP contribution is -2.39. The van der Waals surface area contributed by atoms with Gasteiger partial charge >= 0.3 is 5.97 Å². The van der Waals surface area contributed by atoms with Crippen LogP contribution in [0.5, 0.6) is 0 Å². The Morgan fingerprint density at radius 3 is 2.78 bits per heavy atom. The first kappa shape index (κ1) is 15.2. The lowest BCUT2D eigenvalue weighted by Gasteiger charge is -2.34. The number of carbonyl (C=O) groups excluding carboxylic acids is 2. The molecule has 1 aliphatic heterocycles. The van der Waals surface area contributed by atoms with Crippen LogP contribution < -0.4 is 0 Å². The van der Waals surface area contributed by atoms with Crippen LogP contribution in [0.1, 0.15) is 52.9 Å². The average molecular weight is 256 g/mol. The maximum absolute atomic E-state index is 11.8. The molecule has 1 heterocycles. The number of esters is 1. The van der Waals surface area contributed by atoms with E-state index in [1.807, 2.05) is 13.8 Å². The van der Waals surface area contributed by atoms with Gasteiger partial charge in [0.1, 0.15) is 6.29 Å². The van der Waals surface area contributed by atoms with Crippen molar-refractivity contribution >= 4 is 12.3 Å². The van der Waals surface area contributed by atoms with Crippen LogP contribution >= 0.6 is 0 Å². The van der Waals surface area contributed by atoms with Gasteiger partial charge < -0.3 is 14.3 Å². The predicted octanol–water partition coefficient (Wildman–Crippen LogP) is 2.49. The lowest BCUT2D eigenvalue weighted by molar-refractivity contribution is -0.173. The Labute approximate surface area is 109 Å². The zero-order chi connectivity index (χ0) is 13.5. The summed E-state index contributed by atoms with van der Waals surface area (Å²) in [5.41, 5.74) is 0. The molecule has 0 amide bonds. The summed E-state index contributed by atoms with van der Waals surface area (Å²) in [6, 6.07) is 0. The van der Waals surface area contributed by atoms with Gasteiger partial charge in [-0.05, 0) is 45.4 Å². The predicted molar refractivity (Wildman–Crippen MR) is 68.2 cm³/mol. The molecule has 0 aromatic carbocycles. The smallest absolute Gasteiger partial charge is 0.335 e. The molecule has 0 bridgehead atoms. The highest BCUT2D eigenvalue weighted by molar-refractivity contribution is 5.74. The van der Waals surface area contributed by atoms with E-state index in [0.717, 1.165) is 32.0 Å². The third-order valence-corrected chi connectivity index (χ3v) is 3.28. The molecule has 3 atom stereocenters. The van der Waals surface area contributed by atoms with Crippen LogP contribution in [-0.2, 0) is 19.1 Å². The van der Waals surface area contributed by atoms with E-state index in [9.17, 15) is 9.59 Å². The summed E-state index contributed by atoms with van der Waals surface area (Å²) in [4.78, 5) is 22.1. The molecular weight excluding hydrogens is 232 g/mol. The summed E-state index contributed by atoms with van der Waals surface area (Å²) < 4.78 is 11.0. The molecular formula is C14H24O4. The topological polar surface area (TPSA) is 52.6 Å². The van der Waals surface area contributed by atoms with Crippen LogP contribution in [0.2, 0.25) is 0 Å². The fraction of sp³-hybridized carbons (Fsp3) is 0.857. The largest absolute Gasteiger partial charge is 0.461 e. The van der Waals surface area contributed by atoms with Crippen molar-refractivity contribution in [1.29, 1.82) is 0 Å². The molecule has 104 valence electrons. The molecule has 0 radical (unpaired) electrons. The maximum Gasteiger partial charge on any atom is 0.335 e. The fourth-order valence-electron chi connectivity index (χ4n) is 2.25. The van der Waals surface area contributed by atoms with Gasteiger partial charge in [-0.25, -0.2) is 4.79 Å². The number of carbonyl (C=O) groups is 2. The van der Waals surface area contributed by atoms with Crippen LogP contribution in [0.3, 0.4) is 0 Å². The third kappa shape index (κ3) is 4.77. The molecule has 0 aromatic rings. The van der Waals surface area contributed by atoms with Crippen LogP contribution in [-0.4, -0.2) is 30.6 Å². The van der Waals surface area contributed by atoms with Crippen LogP contribution in [0.25, 0.3) is 0 Å². The van der Waals surface area contributed by atoms with Crippen LogP contribution in [0.15, 0.2) is 0 Å². The highest BCUT2D eigenvalue weighted by Crippen LogP contribution is 2.28. The van der Waals surface area contributed by atoms with Crippen LogP contribution in [0.4, 0.5) is 0 Å². The molecule has 1 aliphatic rings. The number of unbranched alkanes of at least 4 members (excludes halogenated alkanes) is 1. The molecule has 0 N–H and O–H groups in total. The van der Waals surface area contributed by atoms with Crippen molar-refractivity contribution in [2.24, 2.45) is 5.92 Å². The van der Waals surface area contributed by atoms with Gasteiger partial charge in [0.05, 0.1) is 12.2 Å². The summed E-state index contributed by atoms with van der Waals surface area (Å²) in [6.45, 7) is 5.81. The average Bonchev–Trinajstić information content (AvgIpc) is 2.30. The summed E-state index contributed by atoms with van der Waals surface area (Å²) >= 11 is 0. The zero-order valence-corrected chi connectivity index (χ0v) is 11.6. The molecule has 0 saturated carbocycles. The van der Waals surface area contributed by atoms with Gasteiger partial charge in [-0.15, -0.1) is 0 Å². The number of rotatable bonds is 6. The minimum Gasteiger partial charge on any atom is -0.461 e. The van der Waals surface area contributed by atoms with E-state index in [1.54, 1.807) is 0 Å². The first-order valence-corrected chi connectivity index (χ1v) is 6.84. The number of hydrogen-bond donors (Lipinski definition) is 0. The second-order valence-corrected chi connectivity index (χ2v) is 5.30. The molecule has 4 heteroatoms. The molecule has 0 unspecified atom stereocenters. The van der Waals surface area contributed by atoms with Crippen molar-refractivity contribution in [3.63, 3.8) is 0 Å². The second kappa shape index (κ2) is 7.52. The molecule has 4 nitrogen and oxygen atoms in total. The summed E-state index contributed by atoms with van der Waals surface area (Å²) in [5, 5.41) is 0. The van der Waals surface area contributed by atoms with E-state index in [0.29, 0.717) is 12.3 Å². The van der Waals surface area contributed by atoms with Crippen molar-refractivity contribution in [1.82, 2.24) is 0 Å². The Kier molecular flexibility index (Phi) is 6.33. The Balaban J connectivity index is 2.43. The normalized spacial score (nSPS) is 28.1. The van der Waals surface area contributed by atoms with Crippen molar-refractivity contribution in [3.8, 4) is 0 Å². The summed E-state index contributed by atoms with van der Waals surface area (Å²) in [6.07, 6.45) is 4.41. The zero-order valence-electron chi connectivity index (χ0n) is 11.6. The van der Waals surface area contributed by atoms with Gasteiger partial charge in [0, 0.05) is 6.42 Å². The molecule has 1 saturated heterocycles. The lowest BCUT2D eigenvalue weighted by atomic mass is 9.90. The first-order chi connectivity index (χ1) is 8.54. The van der Waals surface area contributed by atoms with E-state index >= 15 is 0 Å². The molecule has 1 rings (SSSR count). The standard InChI is InChI=1S/C14H24O4/c1-10(2)17-14(16)13-8-7-11(3)12(18-13)6-4-5-9-15/h9-13H,4-8H2,1-3H3/t11-,12+,13-/m0/s1. The summed E-state index contributed by atoms with van der Waals surface area (Å²) in [5.74, 6) is 0.192. The number of ether oxygens (including phenoxy) is 2. The molecule has 1 fully saturated rings. The van der Waals surface area contributed by atoms with Gasteiger partial charge in [0.15, 0.2) is 6.10 Å². The van der Waals surface area contributed by atoms with Gasteiger partial charge in [-0.3, -0.25) is 0 Å². The van der Waals surface area contributed by atoms with E-state index in [4.69, 9.17) is 9.47 Å². The highest BCUT2D eigenvalue weighted by Gasteiger charge is 2.33. The quantitative estimate of drug-likeness (QED) is 0.416. The minimum absolute atomic E-state index is 0.0726. The monoisotopic (exact) mass is 256 g/mol. The van der Waals surface area contributed by atoms with Crippen LogP contribution in [0, 0.1) is 5.92 Å². The van der Waals surface area contributed by atoms with Gasteiger partial charge in [-0.1, -0.05) is 6.92 Å². The number of aldehydes is 1. The van der Waals surface area contributed by atoms with Gasteiger partial charge in [0.2, 0.25) is 0 Å². The van der Waals surface area contributed by atoms with Crippen molar-refractivity contribution in [3.05, 3.63) is 0 Å². The molecule has 0 aromatic heterocycles. The first-order valence-electron chi connectivity index (χ1n) is 6.84.